The van der Waals surface area contributed by atoms with Gasteiger partial charge in [-0.25, -0.2) is 0 Å². The standard InChI is InChI=1S/C7H13N.C2H6/c1-7-4-2-6(8-7)3-5-7;1-2/h6,8H,2-5H2,1H3;1-2H3. The first-order chi connectivity index (χ1) is 4.79. The lowest BCUT2D eigenvalue weighted by Crippen LogP contribution is -2.31. The van der Waals surface area contributed by atoms with Crippen LogP contribution < -0.4 is 5.32 Å². The Balaban J connectivity index is 0.000000231. The van der Waals surface area contributed by atoms with Gasteiger partial charge in [0.05, 0.1) is 0 Å². The largest absolute Gasteiger partial charge is 0.309 e. The minimum absolute atomic E-state index is 0.560. The first-order valence-electron chi connectivity index (χ1n) is 4.56. The van der Waals surface area contributed by atoms with E-state index in [1.807, 2.05) is 13.8 Å². The molecular formula is C9H19N. The Morgan fingerprint density at radius 2 is 1.70 bits per heavy atom. The number of hydrogen-bond acceptors (Lipinski definition) is 1. The second-order valence-corrected chi connectivity index (χ2v) is 3.48. The van der Waals surface area contributed by atoms with Crippen LogP contribution in [0.3, 0.4) is 0 Å². The van der Waals surface area contributed by atoms with Gasteiger partial charge in [0, 0.05) is 11.6 Å². The molecule has 2 fully saturated rings. The molecule has 1 nitrogen and oxygen atoms in total. The first kappa shape index (κ1) is 8.06. The molecule has 2 bridgehead atoms. The molecule has 60 valence electrons. The van der Waals surface area contributed by atoms with Crippen molar-refractivity contribution < 1.29 is 0 Å². The lowest BCUT2D eigenvalue weighted by atomic mass is 9.90. The minimum Gasteiger partial charge on any atom is -0.309 e. The third-order valence-corrected chi connectivity index (χ3v) is 2.64. The Labute approximate surface area is 64.2 Å². The summed E-state index contributed by atoms with van der Waals surface area (Å²) in [6.45, 7) is 6.35. The molecule has 0 aromatic rings. The van der Waals surface area contributed by atoms with E-state index < -0.39 is 0 Å². The van der Waals surface area contributed by atoms with Gasteiger partial charge in [-0.15, -0.1) is 0 Å². The normalized spacial score (nSPS) is 42.9. The van der Waals surface area contributed by atoms with E-state index in [-0.39, 0.29) is 0 Å². The van der Waals surface area contributed by atoms with Crippen LogP contribution in [0.15, 0.2) is 0 Å². The van der Waals surface area contributed by atoms with Crippen molar-refractivity contribution in [3.8, 4) is 0 Å². The van der Waals surface area contributed by atoms with E-state index in [4.69, 9.17) is 0 Å². The number of fused-ring (bicyclic) bond motifs is 2. The summed E-state index contributed by atoms with van der Waals surface area (Å²) in [6.07, 6.45) is 5.68. The fourth-order valence-electron chi connectivity index (χ4n) is 2.04. The lowest BCUT2D eigenvalue weighted by Gasteiger charge is -2.18. The molecule has 1 heteroatoms. The van der Waals surface area contributed by atoms with E-state index in [1.165, 1.54) is 25.7 Å². The zero-order valence-corrected chi connectivity index (χ0v) is 7.41. The second-order valence-electron chi connectivity index (χ2n) is 3.48. The zero-order chi connectivity index (χ0) is 7.61. The van der Waals surface area contributed by atoms with Crippen LogP contribution in [0.4, 0.5) is 0 Å². The molecule has 1 N–H and O–H groups in total. The number of nitrogens with one attached hydrogen (secondary N) is 1. The summed E-state index contributed by atoms with van der Waals surface area (Å²) in [5.74, 6) is 0. The fourth-order valence-corrected chi connectivity index (χ4v) is 2.04. The Morgan fingerprint density at radius 1 is 1.20 bits per heavy atom. The summed E-state index contributed by atoms with van der Waals surface area (Å²) in [7, 11) is 0. The molecule has 0 radical (unpaired) electrons. The summed E-state index contributed by atoms with van der Waals surface area (Å²) in [5.41, 5.74) is 0.560. The van der Waals surface area contributed by atoms with Crippen LogP contribution >= 0.6 is 0 Å². The van der Waals surface area contributed by atoms with Crippen molar-refractivity contribution >= 4 is 0 Å². The Kier molecular flexibility index (Phi) is 2.35. The van der Waals surface area contributed by atoms with Gasteiger partial charge in [-0.3, -0.25) is 0 Å². The van der Waals surface area contributed by atoms with Gasteiger partial charge in [0.2, 0.25) is 0 Å². The SMILES string of the molecule is CC.CC12CCC(CC1)N2. The summed E-state index contributed by atoms with van der Waals surface area (Å²) in [5, 5.41) is 3.60. The van der Waals surface area contributed by atoms with Crippen molar-refractivity contribution in [3.63, 3.8) is 0 Å². The first-order valence-corrected chi connectivity index (χ1v) is 4.56. The van der Waals surface area contributed by atoms with Crippen molar-refractivity contribution in [2.75, 3.05) is 0 Å². The van der Waals surface area contributed by atoms with Crippen molar-refractivity contribution in [2.24, 2.45) is 0 Å². The molecule has 0 saturated carbocycles. The second kappa shape index (κ2) is 2.91. The molecule has 2 saturated heterocycles. The quantitative estimate of drug-likeness (QED) is 0.546. The van der Waals surface area contributed by atoms with Gasteiger partial charge in [0.25, 0.3) is 0 Å². The molecule has 2 heterocycles. The Bertz CT molecular complexity index is 101. The Morgan fingerprint density at radius 3 is 1.80 bits per heavy atom. The smallest absolute Gasteiger partial charge is 0.0157 e. The average molecular weight is 141 g/mol. The monoisotopic (exact) mass is 141 g/mol. The molecule has 0 aliphatic carbocycles. The fraction of sp³-hybridized carbons (Fsp3) is 1.00. The Hall–Kier alpha value is -0.0400. The van der Waals surface area contributed by atoms with Crippen molar-refractivity contribution in [3.05, 3.63) is 0 Å². The topological polar surface area (TPSA) is 12.0 Å². The van der Waals surface area contributed by atoms with Gasteiger partial charge >= 0.3 is 0 Å². The van der Waals surface area contributed by atoms with Crippen LogP contribution in [0.1, 0.15) is 46.5 Å². The van der Waals surface area contributed by atoms with Crippen molar-refractivity contribution in [1.29, 1.82) is 0 Å². The molecule has 2 aliphatic rings. The molecule has 0 spiro atoms. The number of hydrogen-bond donors (Lipinski definition) is 1. The van der Waals surface area contributed by atoms with Crippen LogP contribution in [0, 0.1) is 0 Å². The van der Waals surface area contributed by atoms with E-state index >= 15 is 0 Å². The van der Waals surface area contributed by atoms with Gasteiger partial charge < -0.3 is 5.32 Å². The predicted molar refractivity (Wildman–Crippen MR) is 45.1 cm³/mol. The highest BCUT2D eigenvalue weighted by atomic mass is 15.1. The molecule has 2 aliphatic heterocycles. The maximum absolute atomic E-state index is 3.60. The third-order valence-electron chi connectivity index (χ3n) is 2.64. The van der Waals surface area contributed by atoms with Gasteiger partial charge in [-0.1, -0.05) is 13.8 Å². The maximum atomic E-state index is 3.60. The summed E-state index contributed by atoms with van der Waals surface area (Å²) in [6, 6.07) is 0.889. The molecule has 2 rings (SSSR count). The van der Waals surface area contributed by atoms with Gasteiger partial charge in [0.1, 0.15) is 0 Å². The van der Waals surface area contributed by atoms with Crippen LogP contribution in [-0.4, -0.2) is 11.6 Å². The van der Waals surface area contributed by atoms with Gasteiger partial charge in [-0.2, -0.15) is 0 Å². The molecular weight excluding hydrogens is 122 g/mol. The van der Waals surface area contributed by atoms with E-state index in [1.54, 1.807) is 0 Å². The molecule has 10 heavy (non-hydrogen) atoms. The molecule has 0 aromatic carbocycles. The van der Waals surface area contributed by atoms with Crippen molar-refractivity contribution in [2.45, 2.75) is 58.0 Å². The lowest BCUT2D eigenvalue weighted by molar-refractivity contribution is 0.426. The maximum Gasteiger partial charge on any atom is 0.0157 e. The van der Waals surface area contributed by atoms with Crippen molar-refractivity contribution in [1.82, 2.24) is 5.32 Å². The van der Waals surface area contributed by atoms with Gasteiger partial charge in [-0.05, 0) is 32.6 Å². The molecule has 0 amide bonds. The van der Waals surface area contributed by atoms with Crippen LogP contribution in [-0.2, 0) is 0 Å². The highest BCUT2D eigenvalue weighted by molar-refractivity contribution is 5.00. The highest BCUT2D eigenvalue weighted by Crippen LogP contribution is 2.36. The third kappa shape index (κ3) is 1.34. The highest BCUT2D eigenvalue weighted by Gasteiger charge is 2.39. The van der Waals surface area contributed by atoms with Gasteiger partial charge in [0.15, 0.2) is 0 Å². The minimum atomic E-state index is 0.560. The average Bonchev–Trinajstić information content (AvgIpc) is 2.49. The van der Waals surface area contributed by atoms with E-state index in [2.05, 4.69) is 12.2 Å². The summed E-state index contributed by atoms with van der Waals surface area (Å²) in [4.78, 5) is 0. The van der Waals surface area contributed by atoms with Crippen LogP contribution in [0.5, 0.6) is 0 Å². The van der Waals surface area contributed by atoms with E-state index in [9.17, 15) is 0 Å². The molecule has 0 aromatic heterocycles. The van der Waals surface area contributed by atoms with Crippen LogP contribution in [0.25, 0.3) is 0 Å². The van der Waals surface area contributed by atoms with E-state index in [0.717, 1.165) is 6.04 Å². The summed E-state index contributed by atoms with van der Waals surface area (Å²) >= 11 is 0. The van der Waals surface area contributed by atoms with Crippen LogP contribution in [0.2, 0.25) is 0 Å². The summed E-state index contributed by atoms with van der Waals surface area (Å²) < 4.78 is 0. The predicted octanol–water partition coefficient (Wildman–Crippen LogP) is 2.32. The number of rotatable bonds is 0. The molecule has 0 atom stereocenters. The zero-order valence-electron chi connectivity index (χ0n) is 7.41. The molecule has 0 unspecified atom stereocenters. The van der Waals surface area contributed by atoms with E-state index in [0.29, 0.717) is 5.54 Å².